The smallest absolute Gasteiger partial charge is 1.00 e. The van der Waals surface area contributed by atoms with Gasteiger partial charge in [-0.25, -0.2) is 13.9 Å². The first kappa shape index (κ1) is 112. The number of urea groups is 1. The summed E-state index contributed by atoms with van der Waals surface area (Å²) in [5.41, 5.74) is 0. The SMILES string of the molecule is CCCCCCCCCCCCCC(=O)N[C@@H](COP(=O)(O)OCCNC(=O)NCCOP(=O)(O)OC[C@H](NC(=O)CCCCCCCCCCCCC)[C@H](CCCCCCCCCCC)OC(=O)CCCCCCCCCCC)[C@H](CCCCCCCCCCC)OC(=O)CCCCCCCCCCC.[H-].[H-].[Na+].[Na+]. The molecule has 0 aliphatic carbocycles. The van der Waals surface area contributed by atoms with Crippen LogP contribution in [0.1, 0.15) is 455 Å². The van der Waals surface area contributed by atoms with Crippen molar-refractivity contribution in [2.45, 2.75) is 477 Å². The first-order valence-electron chi connectivity index (χ1n) is 44.8. The number of esters is 2. The van der Waals surface area contributed by atoms with Crippen LogP contribution < -0.4 is 80.4 Å². The Labute approximate surface area is 710 Å². The van der Waals surface area contributed by atoms with Crippen LogP contribution in [0.3, 0.4) is 0 Å². The van der Waals surface area contributed by atoms with Crippen LogP contribution in [0.4, 0.5) is 4.79 Å². The van der Waals surface area contributed by atoms with Crippen LogP contribution in [0.2, 0.25) is 0 Å². The number of carbonyl (C=O) groups is 5. The molecule has 0 aromatic heterocycles. The van der Waals surface area contributed by atoms with E-state index in [0.29, 0.717) is 38.5 Å². The van der Waals surface area contributed by atoms with Crippen LogP contribution in [0.25, 0.3) is 0 Å². The molecule has 0 fully saturated rings. The summed E-state index contributed by atoms with van der Waals surface area (Å²) in [6, 6.07) is -2.58. The molecule has 0 aromatic carbocycles. The molecule has 0 rings (SSSR count). The number of carbonyl (C=O) groups excluding carboxylic acids is 5. The second-order valence-corrected chi connectivity index (χ2v) is 33.7. The third-order valence-electron chi connectivity index (χ3n) is 20.4. The third-order valence-corrected chi connectivity index (χ3v) is 22.4. The molecule has 632 valence electrons. The maximum absolute atomic E-state index is 13.7. The Kier molecular flexibility index (Phi) is 87.0. The van der Waals surface area contributed by atoms with Gasteiger partial charge in [-0.15, -0.1) is 0 Å². The van der Waals surface area contributed by atoms with Crippen molar-refractivity contribution in [2.24, 2.45) is 0 Å². The van der Waals surface area contributed by atoms with Gasteiger partial charge in [0.05, 0.1) is 38.5 Å². The van der Waals surface area contributed by atoms with Gasteiger partial charge in [0.25, 0.3) is 0 Å². The van der Waals surface area contributed by atoms with E-state index in [1.165, 1.54) is 218 Å². The zero-order valence-electron chi connectivity index (χ0n) is 73.4. The van der Waals surface area contributed by atoms with Gasteiger partial charge in [-0.2, -0.15) is 0 Å². The molecule has 0 aliphatic heterocycles. The number of rotatable bonds is 84. The summed E-state index contributed by atoms with van der Waals surface area (Å²) in [6.45, 7) is 11.1. The second kappa shape index (κ2) is 84.3. The van der Waals surface area contributed by atoms with Crippen molar-refractivity contribution in [3.63, 3.8) is 0 Å². The molecule has 0 spiro atoms. The maximum atomic E-state index is 13.7. The molecule has 6 atom stereocenters. The van der Waals surface area contributed by atoms with Gasteiger partial charge in [0.15, 0.2) is 0 Å². The summed E-state index contributed by atoms with van der Waals surface area (Å²) in [7, 11) is -9.58. The minimum atomic E-state index is -4.79. The molecule has 0 radical (unpaired) electrons. The van der Waals surface area contributed by atoms with E-state index in [0.717, 1.165) is 128 Å². The topological polar surface area (TPSA) is 263 Å². The van der Waals surface area contributed by atoms with E-state index in [9.17, 15) is 42.9 Å². The summed E-state index contributed by atoms with van der Waals surface area (Å²) in [4.78, 5) is 89.5. The number of phosphoric ester groups is 2. The fourth-order valence-electron chi connectivity index (χ4n) is 13.7. The Morgan fingerprint density at radius 3 is 0.731 bits per heavy atom. The van der Waals surface area contributed by atoms with Crippen LogP contribution in [-0.4, -0.2) is 103 Å². The molecule has 19 nitrogen and oxygen atoms in total. The first-order valence-corrected chi connectivity index (χ1v) is 47.8. The van der Waals surface area contributed by atoms with Crippen LogP contribution in [-0.2, 0) is 55.9 Å². The van der Waals surface area contributed by atoms with E-state index in [4.69, 9.17) is 27.6 Å². The monoisotopic (exact) mass is 1600 g/mol. The molecule has 6 N–H and O–H groups in total. The predicted octanol–water partition coefficient (Wildman–Crippen LogP) is 18.7. The second-order valence-electron chi connectivity index (χ2n) is 30.7. The molecular weight excluding hydrogens is 1420 g/mol. The summed E-state index contributed by atoms with van der Waals surface area (Å²) in [6.07, 6.45) is 64.9. The molecule has 0 saturated carbocycles. The maximum Gasteiger partial charge on any atom is 1.00 e. The Bertz CT molecular complexity index is 1990. The third kappa shape index (κ3) is 77.9. The van der Waals surface area contributed by atoms with Crippen molar-refractivity contribution in [2.75, 3.05) is 39.5 Å². The fourth-order valence-corrected chi connectivity index (χ4v) is 15.2. The van der Waals surface area contributed by atoms with Gasteiger partial charge in [0, 0.05) is 38.8 Å². The van der Waals surface area contributed by atoms with Gasteiger partial charge >= 0.3 is 92.7 Å². The summed E-state index contributed by atoms with van der Waals surface area (Å²) in [5, 5.41) is 11.1. The van der Waals surface area contributed by atoms with Crippen molar-refractivity contribution in [1.29, 1.82) is 0 Å². The molecule has 0 saturated heterocycles. The van der Waals surface area contributed by atoms with Crippen molar-refractivity contribution in [3.05, 3.63) is 0 Å². The summed E-state index contributed by atoms with van der Waals surface area (Å²) in [5.74, 6) is -1.24. The van der Waals surface area contributed by atoms with Gasteiger partial charge in [0.2, 0.25) is 11.8 Å². The van der Waals surface area contributed by atoms with Crippen molar-refractivity contribution in [3.8, 4) is 0 Å². The van der Waals surface area contributed by atoms with E-state index in [2.05, 4.69) is 62.8 Å². The van der Waals surface area contributed by atoms with Gasteiger partial charge in [-0.3, -0.25) is 37.3 Å². The molecule has 4 amide bonds. The van der Waals surface area contributed by atoms with Crippen LogP contribution in [0, 0.1) is 0 Å². The number of nitrogens with one attached hydrogen (secondary N) is 4. The standard InChI is InChI=1S/C85H168N4O15P2.2Na.2H/c1-7-13-19-25-31-37-39-45-49-55-61-67-81(90)88-77(79(65-59-53-47-41-33-27-21-15-9-3)103-83(92)69-63-57-51-43-35-29-23-17-11-5)75-101-105(95,96)99-73-71-86-85(94)87-72-74-100-106(97,98)102-76-78(89-82(91)68-62-56-50-46-40-38-32-26-20-14-8-2)80(66-60-54-48-42-34-28-22-16-10-4)104-84(93)70-64-58-52-44-36-30-24-18-12-6;;;;/h77-80H,7-76H2,1-6H3,(H,88,90)(H,89,91)(H,95,96)(H,97,98)(H2,86,87,94);;;;/q;2*+1;2*-1/t77-,78-,79-,80-;;;;/m0..../s1. The van der Waals surface area contributed by atoms with Gasteiger partial charge in [-0.1, -0.05) is 375 Å². The average molecular weight is 1600 g/mol. The average Bonchev–Trinajstić information content (AvgIpc) is 0.879. The Hall–Kier alpha value is -0.630. The summed E-state index contributed by atoms with van der Waals surface area (Å²) < 4.78 is 61.1. The number of ether oxygens (including phenoxy) is 2. The zero-order chi connectivity index (χ0) is 77.8. The fraction of sp³-hybridized carbons (Fsp3) is 0.941. The molecule has 0 heterocycles. The van der Waals surface area contributed by atoms with E-state index < -0.39 is 72.4 Å². The van der Waals surface area contributed by atoms with Crippen LogP contribution >= 0.6 is 15.6 Å². The molecule has 23 heteroatoms. The van der Waals surface area contributed by atoms with E-state index in [-0.39, 0.29) is 124 Å². The minimum Gasteiger partial charge on any atom is -1.00 e. The first-order chi connectivity index (χ1) is 51.6. The van der Waals surface area contributed by atoms with Crippen molar-refractivity contribution < 1.29 is 132 Å². The zero-order valence-corrected chi connectivity index (χ0v) is 77.2. The number of hydrogen-bond donors (Lipinski definition) is 6. The number of phosphoric acid groups is 2. The molecule has 0 aliphatic rings. The normalized spacial score (nSPS) is 13.6. The van der Waals surface area contributed by atoms with Gasteiger partial charge < -0.3 is 43.4 Å². The number of unbranched alkanes of at least 4 members (excludes halogenated alkanes) is 52. The van der Waals surface area contributed by atoms with Gasteiger partial charge in [0.1, 0.15) is 12.2 Å². The Morgan fingerprint density at radius 1 is 0.296 bits per heavy atom. The molecular formula is C85H170N4Na2O15P2. The van der Waals surface area contributed by atoms with E-state index >= 15 is 0 Å². The molecule has 108 heavy (non-hydrogen) atoms. The number of hydrogen-bond acceptors (Lipinski definition) is 13. The van der Waals surface area contributed by atoms with E-state index in [1.54, 1.807) is 0 Å². The van der Waals surface area contributed by atoms with Gasteiger partial charge in [-0.05, 0) is 51.4 Å². The molecule has 2 unspecified atom stereocenters. The predicted molar refractivity (Wildman–Crippen MR) is 440 cm³/mol. The van der Waals surface area contributed by atoms with E-state index in [1.807, 2.05) is 0 Å². The Morgan fingerprint density at radius 2 is 0.500 bits per heavy atom. The van der Waals surface area contributed by atoms with Crippen LogP contribution in [0.15, 0.2) is 0 Å². The quantitative estimate of drug-likeness (QED) is 0.0143. The Balaban J connectivity index is -0.00000919. The summed E-state index contributed by atoms with van der Waals surface area (Å²) >= 11 is 0. The molecule has 0 aromatic rings. The van der Waals surface area contributed by atoms with Crippen LogP contribution in [0.5, 0.6) is 0 Å². The molecule has 0 bridgehead atoms. The largest absolute Gasteiger partial charge is 1.00 e. The minimum absolute atomic E-state index is 0. The number of amides is 4. The van der Waals surface area contributed by atoms with Crippen molar-refractivity contribution in [1.82, 2.24) is 21.3 Å². The van der Waals surface area contributed by atoms with Crippen molar-refractivity contribution >= 4 is 45.4 Å².